The quantitative estimate of drug-likeness (QED) is 0.167. The van der Waals surface area contributed by atoms with Crippen molar-refractivity contribution in [2.24, 2.45) is 0 Å². The minimum atomic E-state index is -3.76. The van der Waals surface area contributed by atoms with E-state index in [0.29, 0.717) is 13.2 Å². The average molecular weight is 527 g/mol. The van der Waals surface area contributed by atoms with Gasteiger partial charge in [-0.15, -0.1) is 0 Å². The minimum Gasteiger partial charge on any atom is -0.413 e. The zero-order valence-electron chi connectivity index (χ0n) is 22.4. The van der Waals surface area contributed by atoms with Crippen LogP contribution in [0.2, 0.25) is 18.1 Å². The van der Waals surface area contributed by atoms with E-state index in [4.69, 9.17) is 8.61 Å². The van der Waals surface area contributed by atoms with E-state index in [2.05, 4.69) is 45.4 Å². The van der Waals surface area contributed by atoms with Crippen molar-refractivity contribution < 1.29 is 17.0 Å². The predicted molar refractivity (Wildman–Crippen MR) is 149 cm³/mol. The molecule has 0 saturated heterocycles. The van der Waals surface area contributed by atoms with Crippen molar-refractivity contribution in [2.75, 3.05) is 6.26 Å². The van der Waals surface area contributed by atoms with Crippen molar-refractivity contribution in [3.63, 3.8) is 0 Å². The summed E-state index contributed by atoms with van der Waals surface area (Å²) in [5.74, 6) is 0. The number of aromatic nitrogens is 2. The van der Waals surface area contributed by atoms with Gasteiger partial charge in [-0.25, -0.2) is 4.98 Å². The van der Waals surface area contributed by atoms with Gasteiger partial charge in [0.2, 0.25) is 0 Å². The molecule has 0 aliphatic heterocycles. The van der Waals surface area contributed by atoms with E-state index in [1.807, 2.05) is 66.2 Å². The highest BCUT2D eigenvalue weighted by Gasteiger charge is 2.37. The van der Waals surface area contributed by atoms with Gasteiger partial charge in [-0.2, -0.15) is 8.42 Å². The van der Waals surface area contributed by atoms with Crippen LogP contribution >= 0.6 is 0 Å². The van der Waals surface area contributed by atoms with Gasteiger partial charge in [-0.3, -0.25) is 4.18 Å². The largest absolute Gasteiger partial charge is 0.413 e. The second-order valence-electron chi connectivity index (χ2n) is 11.0. The molecule has 0 aliphatic carbocycles. The molecule has 0 N–H and O–H groups in total. The van der Waals surface area contributed by atoms with Gasteiger partial charge in [0.25, 0.3) is 10.1 Å². The Morgan fingerprint density at radius 2 is 1.83 bits per heavy atom. The van der Waals surface area contributed by atoms with Crippen LogP contribution in [0.1, 0.15) is 50.5 Å². The average Bonchev–Trinajstić information content (AvgIpc) is 3.22. The maximum atomic E-state index is 12.3. The van der Waals surface area contributed by atoms with Crippen molar-refractivity contribution in [3.05, 3.63) is 89.9 Å². The highest BCUT2D eigenvalue weighted by atomic mass is 32.2. The molecule has 6 nitrogen and oxygen atoms in total. The molecule has 8 heteroatoms. The van der Waals surface area contributed by atoms with Crippen molar-refractivity contribution in [3.8, 4) is 11.3 Å². The fraction of sp³-hybridized carbons (Fsp3) is 0.393. The summed E-state index contributed by atoms with van der Waals surface area (Å²) < 4.78 is 38.7. The van der Waals surface area contributed by atoms with Gasteiger partial charge in [0.1, 0.15) is 6.10 Å². The van der Waals surface area contributed by atoms with Crippen LogP contribution in [0.3, 0.4) is 0 Å². The second kappa shape index (κ2) is 10.8. The molecule has 3 aromatic rings. The van der Waals surface area contributed by atoms with Crippen LogP contribution in [0.4, 0.5) is 0 Å². The van der Waals surface area contributed by atoms with Gasteiger partial charge >= 0.3 is 0 Å². The molecule has 0 spiro atoms. The summed E-state index contributed by atoms with van der Waals surface area (Å²) in [5.41, 5.74) is 5.02. The molecule has 0 amide bonds. The third-order valence-electron chi connectivity index (χ3n) is 6.54. The van der Waals surface area contributed by atoms with Crippen molar-refractivity contribution in [2.45, 2.75) is 65.1 Å². The van der Waals surface area contributed by atoms with E-state index in [1.165, 1.54) is 0 Å². The molecule has 1 unspecified atom stereocenters. The summed E-state index contributed by atoms with van der Waals surface area (Å²) in [6, 6.07) is 15.4. The summed E-state index contributed by atoms with van der Waals surface area (Å²) in [4.78, 5) is 4.57. The van der Waals surface area contributed by atoms with Crippen LogP contribution in [0.15, 0.2) is 73.2 Å². The first-order valence-electron chi connectivity index (χ1n) is 12.0. The SMILES string of the molecule is C=C(C)Cn1cnc(-c2ccccc2C(OS(C)(=O)=O)c2cccc(CO[Si](C)(C)C(C)(C)C)c2)c1. The Hall–Kier alpha value is -2.52. The number of benzene rings is 2. The van der Waals surface area contributed by atoms with Gasteiger partial charge in [0.05, 0.1) is 24.9 Å². The summed E-state index contributed by atoms with van der Waals surface area (Å²) in [7, 11) is -5.70. The van der Waals surface area contributed by atoms with E-state index in [0.717, 1.165) is 39.8 Å². The van der Waals surface area contributed by atoms with Gasteiger partial charge in [-0.1, -0.05) is 81.5 Å². The molecule has 0 radical (unpaired) electrons. The zero-order valence-corrected chi connectivity index (χ0v) is 24.2. The van der Waals surface area contributed by atoms with E-state index in [1.54, 1.807) is 6.33 Å². The number of allylic oxidation sites excluding steroid dienone is 1. The molecule has 1 atom stereocenters. The summed E-state index contributed by atoms with van der Waals surface area (Å²) >= 11 is 0. The molecule has 0 fully saturated rings. The standard InChI is InChI=1S/C28H38N2O4SSi/c1-21(2)17-30-18-26(29-20-30)24-14-9-10-15-25(24)27(34-35(6,31)32)23-13-11-12-22(16-23)19-33-36(7,8)28(3,4)5/h9-16,18,20,27H,1,17,19H2,2-8H3. The molecule has 0 bridgehead atoms. The lowest BCUT2D eigenvalue weighted by molar-refractivity contribution is 0.255. The summed E-state index contributed by atoms with van der Waals surface area (Å²) in [5, 5.41) is 0.0963. The molecule has 36 heavy (non-hydrogen) atoms. The number of hydrogen-bond acceptors (Lipinski definition) is 5. The predicted octanol–water partition coefficient (Wildman–Crippen LogP) is 6.71. The van der Waals surface area contributed by atoms with Crippen LogP contribution < -0.4 is 0 Å². The third-order valence-corrected chi connectivity index (χ3v) is 11.6. The van der Waals surface area contributed by atoms with Gasteiger partial charge in [-0.05, 0) is 41.7 Å². The van der Waals surface area contributed by atoms with Gasteiger partial charge in [0.15, 0.2) is 8.32 Å². The fourth-order valence-electron chi connectivity index (χ4n) is 3.64. The smallest absolute Gasteiger partial charge is 0.265 e. The maximum Gasteiger partial charge on any atom is 0.265 e. The molecule has 0 saturated carbocycles. The Labute approximate surface area is 217 Å². The molecule has 1 heterocycles. The Morgan fingerprint density at radius 1 is 1.14 bits per heavy atom. The highest BCUT2D eigenvalue weighted by Crippen LogP contribution is 2.38. The van der Waals surface area contributed by atoms with Crippen molar-refractivity contribution in [1.29, 1.82) is 0 Å². The van der Waals surface area contributed by atoms with E-state index in [9.17, 15) is 8.42 Å². The van der Waals surface area contributed by atoms with Crippen LogP contribution in [0, 0.1) is 0 Å². The molecular weight excluding hydrogens is 488 g/mol. The van der Waals surface area contributed by atoms with Crippen LogP contribution in [-0.4, -0.2) is 32.5 Å². The Balaban J connectivity index is 2.01. The number of rotatable bonds is 10. The fourth-order valence-corrected chi connectivity index (χ4v) is 5.17. The van der Waals surface area contributed by atoms with E-state index >= 15 is 0 Å². The first kappa shape index (κ1) is 28.1. The van der Waals surface area contributed by atoms with Gasteiger partial charge < -0.3 is 8.99 Å². The Kier molecular flexibility index (Phi) is 8.45. The Bertz CT molecular complexity index is 1320. The van der Waals surface area contributed by atoms with E-state index in [-0.39, 0.29) is 5.04 Å². The minimum absolute atomic E-state index is 0.0963. The summed E-state index contributed by atoms with van der Waals surface area (Å²) in [6.45, 7) is 18.1. The molecule has 1 aromatic heterocycles. The first-order chi connectivity index (χ1) is 16.7. The maximum absolute atomic E-state index is 12.3. The highest BCUT2D eigenvalue weighted by molar-refractivity contribution is 7.86. The molecule has 0 aliphatic rings. The normalized spacial score (nSPS) is 13.5. The van der Waals surface area contributed by atoms with Crippen molar-refractivity contribution in [1.82, 2.24) is 9.55 Å². The first-order valence-corrected chi connectivity index (χ1v) is 16.8. The lowest BCUT2D eigenvalue weighted by Gasteiger charge is -2.36. The number of imidazole rings is 1. The topological polar surface area (TPSA) is 70.4 Å². The van der Waals surface area contributed by atoms with Gasteiger partial charge in [0, 0.05) is 18.3 Å². The lowest BCUT2D eigenvalue weighted by atomic mass is 9.94. The molecular formula is C28H38N2O4SSi. The summed E-state index contributed by atoms with van der Waals surface area (Å²) in [6.07, 6.45) is 3.95. The molecule has 194 valence electrons. The van der Waals surface area contributed by atoms with Crippen LogP contribution in [-0.2, 0) is 31.9 Å². The molecule has 2 aromatic carbocycles. The lowest BCUT2D eigenvalue weighted by Crippen LogP contribution is -2.40. The third kappa shape index (κ3) is 7.26. The monoisotopic (exact) mass is 526 g/mol. The second-order valence-corrected chi connectivity index (χ2v) is 17.4. The zero-order chi connectivity index (χ0) is 26.7. The number of hydrogen-bond donors (Lipinski definition) is 0. The van der Waals surface area contributed by atoms with Crippen LogP contribution in [0.5, 0.6) is 0 Å². The van der Waals surface area contributed by atoms with Crippen molar-refractivity contribution >= 4 is 18.4 Å². The van der Waals surface area contributed by atoms with Crippen LogP contribution in [0.25, 0.3) is 11.3 Å². The number of nitrogens with zero attached hydrogens (tertiary/aromatic N) is 2. The Morgan fingerprint density at radius 3 is 2.47 bits per heavy atom. The van der Waals surface area contributed by atoms with E-state index < -0.39 is 24.5 Å². The molecule has 3 rings (SSSR count).